The minimum atomic E-state index is -3.47. The van der Waals surface area contributed by atoms with Gasteiger partial charge in [-0.05, 0) is 43.5 Å². The summed E-state index contributed by atoms with van der Waals surface area (Å²) in [5, 5.41) is 6.78. The lowest BCUT2D eigenvalue weighted by Crippen LogP contribution is -2.35. The van der Waals surface area contributed by atoms with Crippen LogP contribution in [-0.4, -0.2) is 41.9 Å². The third-order valence-corrected chi connectivity index (χ3v) is 7.30. The molecule has 8 nitrogen and oxygen atoms in total. The van der Waals surface area contributed by atoms with Crippen LogP contribution in [0.1, 0.15) is 38.0 Å². The van der Waals surface area contributed by atoms with E-state index in [9.17, 15) is 13.2 Å². The number of benzene rings is 2. The van der Waals surface area contributed by atoms with Gasteiger partial charge in [0.05, 0.1) is 4.90 Å². The largest absolute Gasteiger partial charge is 0.339 e. The predicted octanol–water partition coefficient (Wildman–Crippen LogP) is 3.87. The number of hydrogen-bond acceptors (Lipinski definition) is 6. The second-order valence-corrected chi connectivity index (χ2v) is 9.71. The lowest BCUT2D eigenvalue weighted by atomic mass is 10.2. The van der Waals surface area contributed by atoms with Crippen molar-refractivity contribution >= 4 is 21.6 Å². The van der Waals surface area contributed by atoms with E-state index >= 15 is 0 Å². The smallest absolute Gasteiger partial charge is 0.243 e. The second-order valence-electron chi connectivity index (χ2n) is 7.77. The van der Waals surface area contributed by atoms with Crippen LogP contribution < -0.4 is 5.32 Å². The van der Waals surface area contributed by atoms with Crippen LogP contribution >= 0.6 is 0 Å². The fraction of sp³-hybridized carbons (Fsp3) is 0.348. The third kappa shape index (κ3) is 5.41. The van der Waals surface area contributed by atoms with Crippen molar-refractivity contribution in [3.05, 3.63) is 60.5 Å². The maximum atomic E-state index is 12.7. The number of nitrogens with zero attached hydrogens (tertiary/aromatic N) is 3. The van der Waals surface area contributed by atoms with Crippen molar-refractivity contribution in [2.24, 2.45) is 0 Å². The zero-order valence-electron chi connectivity index (χ0n) is 17.7. The van der Waals surface area contributed by atoms with Gasteiger partial charge < -0.3 is 9.84 Å². The average molecular weight is 455 g/mol. The molecule has 9 heteroatoms. The maximum Gasteiger partial charge on any atom is 0.243 e. The van der Waals surface area contributed by atoms with Crippen molar-refractivity contribution in [2.45, 2.75) is 43.4 Å². The molecule has 1 saturated heterocycles. The summed E-state index contributed by atoms with van der Waals surface area (Å²) < 4.78 is 32.2. The molecule has 0 bridgehead atoms. The molecule has 168 valence electrons. The first kappa shape index (κ1) is 22.2. The highest BCUT2D eigenvalue weighted by Gasteiger charge is 2.25. The van der Waals surface area contributed by atoms with Gasteiger partial charge in [-0.3, -0.25) is 4.79 Å². The lowest BCUT2D eigenvalue weighted by Gasteiger charge is -2.25. The zero-order valence-corrected chi connectivity index (χ0v) is 18.6. The quantitative estimate of drug-likeness (QED) is 0.554. The highest BCUT2D eigenvalue weighted by molar-refractivity contribution is 7.89. The van der Waals surface area contributed by atoms with E-state index in [1.54, 1.807) is 24.3 Å². The minimum Gasteiger partial charge on any atom is -0.339 e. The molecule has 2 aromatic carbocycles. The Kier molecular flexibility index (Phi) is 6.96. The summed E-state index contributed by atoms with van der Waals surface area (Å²) in [7, 11) is -3.47. The van der Waals surface area contributed by atoms with E-state index in [0.29, 0.717) is 43.3 Å². The lowest BCUT2D eigenvalue weighted by molar-refractivity contribution is -0.116. The Morgan fingerprint density at radius 3 is 2.44 bits per heavy atom. The molecule has 1 aliphatic heterocycles. The molecule has 1 fully saturated rings. The number of rotatable bonds is 8. The fourth-order valence-corrected chi connectivity index (χ4v) is 5.17. The molecule has 1 amide bonds. The molecule has 1 N–H and O–H groups in total. The van der Waals surface area contributed by atoms with E-state index in [2.05, 4.69) is 15.5 Å². The Balaban J connectivity index is 1.26. The third-order valence-electron chi connectivity index (χ3n) is 5.39. The molecule has 0 unspecified atom stereocenters. The van der Waals surface area contributed by atoms with Gasteiger partial charge in [0.15, 0.2) is 0 Å². The molecule has 0 saturated carbocycles. The summed E-state index contributed by atoms with van der Waals surface area (Å²) in [6.45, 7) is 1.13. The van der Waals surface area contributed by atoms with Crippen molar-refractivity contribution in [1.29, 1.82) is 0 Å². The molecule has 1 aliphatic rings. The number of piperidine rings is 1. The number of anilines is 1. The Morgan fingerprint density at radius 2 is 1.72 bits per heavy atom. The van der Waals surface area contributed by atoms with Crippen LogP contribution in [0.5, 0.6) is 0 Å². The molecular weight excluding hydrogens is 428 g/mol. The van der Waals surface area contributed by atoms with Crippen LogP contribution in [0.2, 0.25) is 0 Å². The maximum absolute atomic E-state index is 12.7. The molecule has 3 aromatic rings. The molecule has 0 aliphatic carbocycles. The van der Waals surface area contributed by atoms with Gasteiger partial charge in [-0.1, -0.05) is 41.9 Å². The summed E-state index contributed by atoms with van der Waals surface area (Å²) in [6.07, 6.45) is 4.20. The van der Waals surface area contributed by atoms with E-state index in [0.717, 1.165) is 24.8 Å². The van der Waals surface area contributed by atoms with E-state index in [4.69, 9.17) is 4.52 Å². The summed E-state index contributed by atoms with van der Waals surface area (Å²) in [5.41, 5.74) is 1.45. The average Bonchev–Trinajstić information content (AvgIpc) is 3.29. The van der Waals surface area contributed by atoms with Crippen LogP contribution in [-0.2, 0) is 21.2 Å². The van der Waals surface area contributed by atoms with E-state index in [1.807, 2.05) is 30.3 Å². The van der Waals surface area contributed by atoms with Gasteiger partial charge in [-0.15, -0.1) is 0 Å². The van der Waals surface area contributed by atoms with Crippen molar-refractivity contribution in [3.63, 3.8) is 0 Å². The molecular formula is C23H26N4O4S. The SMILES string of the molecule is O=C(CCCc1nc(-c2ccccc2)no1)Nc1ccc(S(=O)(=O)N2CCCCC2)cc1. The Morgan fingerprint density at radius 1 is 1.00 bits per heavy atom. The first-order valence-corrected chi connectivity index (χ1v) is 12.2. The molecule has 0 spiro atoms. The van der Waals surface area contributed by atoms with Gasteiger partial charge >= 0.3 is 0 Å². The number of carbonyl (C=O) groups excluding carboxylic acids is 1. The van der Waals surface area contributed by atoms with Crippen LogP contribution in [0.25, 0.3) is 11.4 Å². The van der Waals surface area contributed by atoms with Crippen molar-refractivity contribution in [2.75, 3.05) is 18.4 Å². The second kappa shape index (κ2) is 10.1. The summed E-state index contributed by atoms with van der Waals surface area (Å²) in [6, 6.07) is 15.9. The number of aryl methyl sites for hydroxylation is 1. The Labute approximate surface area is 187 Å². The van der Waals surface area contributed by atoms with E-state index < -0.39 is 10.0 Å². The van der Waals surface area contributed by atoms with E-state index in [-0.39, 0.29) is 17.2 Å². The van der Waals surface area contributed by atoms with Gasteiger partial charge in [-0.2, -0.15) is 9.29 Å². The number of nitrogens with one attached hydrogen (secondary N) is 1. The summed E-state index contributed by atoms with van der Waals surface area (Å²) in [4.78, 5) is 16.9. The molecule has 0 radical (unpaired) electrons. The summed E-state index contributed by atoms with van der Waals surface area (Å²) in [5.74, 6) is 0.869. The number of hydrogen-bond donors (Lipinski definition) is 1. The van der Waals surface area contributed by atoms with Crippen LogP contribution in [0, 0.1) is 0 Å². The molecule has 2 heterocycles. The van der Waals surface area contributed by atoms with E-state index in [1.165, 1.54) is 4.31 Å². The number of amides is 1. The van der Waals surface area contributed by atoms with Gasteiger partial charge in [0, 0.05) is 37.2 Å². The van der Waals surface area contributed by atoms with Crippen LogP contribution in [0.15, 0.2) is 64.0 Å². The Bertz CT molecular complexity index is 1140. The predicted molar refractivity (Wildman–Crippen MR) is 120 cm³/mol. The highest BCUT2D eigenvalue weighted by Crippen LogP contribution is 2.22. The van der Waals surface area contributed by atoms with Gasteiger partial charge in [-0.25, -0.2) is 8.42 Å². The minimum absolute atomic E-state index is 0.153. The standard InChI is InChI=1S/C23H26N4O4S/c28-21(10-7-11-22-25-23(26-31-22)18-8-3-1-4-9-18)24-19-12-14-20(15-13-19)32(29,30)27-16-5-2-6-17-27/h1,3-4,8-9,12-15H,2,5-7,10-11,16-17H2,(H,24,28). The summed E-state index contributed by atoms with van der Waals surface area (Å²) >= 11 is 0. The normalized spacial score (nSPS) is 14.9. The molecule has 1 aromatic heterocycles. The molecule has 4 rings (SSSR count). The van der Waals surface area contributed by atoms with Crippen molar-refractivity contribution in [3.8, 4) is 11.4 Å². The van der Waals surface area contributed by atoms with Crippen molar-refractivity contribution < 1.29 is 17.7 Å². The number of aromatic nitrogens is 2. The highest BCUT2D eigenvalue weighted by atomic mass is 32.2. The number of sulfonamides is 1. The van der Waals surface area contributed by atoms with Crippen LogP contribution in [0.3, 0.4) is 0 Å². The fourth-order valence-electron chi connectivity index (χ4n) is 3.65. The van der Waals surface area contributed by atoms with Gasteiger partial charge in [0.2, 0.25) is 27.6 Å². The number of carbonyl (C=O) groups is 1. The van der Waals surface area contributed by atoms with Crippen LogP contribution in [0.4, 0.5) is 5.69 Å². The monoisotopic (exact) mass is 454 g/mol. The topological polar surface area (TPSA) is 105 Å². The Hall–Kier alpha value is -3.04. The van der Waals surface area contributed by atoms with Gasteiger partial charge in [0.1, 0.15) is 0 Å². The van der Waals surface area contributed by atoms with Gasteiger partial charge in [0.25, 0.3) is 0 Å². The molecule has 0 atom stereocenters. The first-order chi connectivity index (χ1) is 15.5. The first-order valence-electron chi connectivity index (χ1n) is 10.8. The molecule has 32 heavy (non-hydrogen) atoms. The van der Waals surface area contributed by atoms with Crippen molar-refractivity contribution in [1.82, 2.24) is 14.4 Å². The zero-order chi connectivity index (χ0) is 22.4.